The lowest BCUT2D eigenvalue weighted by molar-refractivity contribution is -0.140. The predicted molar refractivity (Wildman–Crippen MR) is 101 cm³/mol. The van der Waals surface area contributed by atoms with Gasteiger partial charge in [0.05, 0.1) is 5.57 Å². The summed E-state index contributed by atoms with van der Waals surface area (Å²) in [6.45, 7) is 2.03. The molecule has 0 bridgehead atoms. The zero-order valence-corrected chi connectivity index (χ0v) is 15.0. The van der Waals surface area contributed by atoms with Gasteiger partial charge in [-0.25, -0.2) is 4.79 Å². The van der Waals surface area contributed by atoms with Gasteiger partial charge in [0.2, 0.25) is 0 Å². The zero-order chi connectivity index (χ0) is 18.6. The van der Waals surface area contributed by atoms with E-state index in [0.29, 0.717) is 11.1 Å². The first kappa shape index (κ1) is 17.3. The molecule has 0 N–H and O–H groups in total. The van der Waals surface area contributed by atoms with E-state index in [1.54, 1.807) is 18.2 Å². The van der Waals surface area contributed by atoms with Crippen LogP contribution in [0.25, 0.3) is 6.08 Å². The first-order chi connectivity index (χ1) is 13.2. The van der Waals surface area contributed by atoms with Crippen LogP contribution < -0.4 is 4.74 Å². The van der Waals surface area contributed by atoms with E-state index in [2.05, 4.69) is 0 Å². The number of ether oxygens (including phenoxy) is 2. The third kappa shape index (κ3) is 3.87. The molecule has 2 aromatic carbocycles. The number of likely N-dealkylation sites (tertiary alicyclic amines) is 1. The highest BCUT2D eigenvalue weighted by molar-refractivity contribution is 5.95. The Bertz CT molecular complexity index is 879. The van der Waals surface area contributed by atoms with Gasteiger partial charge >= 0.3 is 5.97 Å². The molecular weight excluding hydrogens is 342 g/mol. The maximum Gasteiger partial charge on any atom is 0.337 e. The van der Waals surface area contributed by atoms with Gasteiger partial charge in [-0.15, -0.1) is 0 Å². The van der Waals surface area contributed by atoms with Gasteiger partial charge in [-0.05, 0) is 42.7 Å². The van der Waals surface area contributed by atoms with Crippen molar-refractivity contribution < 1.29 is 19.1 Å². The average molecular weight is 363 g/mol. The molecule has 5 nitrogen and oxygen atoms in total. The molecule has 2 aromatic rings. The third-order valence-electron chi connectivity index (χ3n) is 4.86. The number of hydrogen-bond acceptors (Lipinski definition) is 4. The molecule has 2 aliphatic heterocycles. The van der Waals surface area contributed by atoms with Crippen LogP contribution in [0.1, 0.15) is 34.3 Å². The Balaban J connectivity index is 1.35. The quantitative estimate of drug-likeness (QED) is 0.781. The van der Waals surface area contributed by atoms with E-state index >= 15 is 0 Å². The number of fused-ring (bicyclic) bond motifs is 1. The van der Waals surface area contributed by atoms with Crippen LogP contribution in [0.2, 0.25) is 0 Å². The Morgan fingerprint density at radius 1 is 1.00 bits per heavy atom. The Morgan fingerprint density at radius 2 is 1.74 bits per heavy atom. The van der Waals surface area contributed by atoms with Gasteiger partial charge in [0.25, 0.3) is 5.91 Å². The summed E-state index contributed by atoms with van der Waals surface area (Å²) in [5.41, 5.74) is 2.89. The van der Waals surface area contributed by atoms with Crippen LogP contribution in [0.15, 0.2) is 54.1 Å². The molecule has 1 saturated heterocycles. The molecule has 0 radical (unpaired) electrons. The molecule has 2 heterocycles. The zero-order valence-electron chi connectivity index (χ0n) is 15.0. The highest BCUT2D eigenvalue weighted by atomic mass is 16.5. The summed E-state index contributed by atoms with van der Waals surface area (Å²) in [5, 5.41) is 0. The number of hydrogen-bond donors (Lipinski definition) is 0. The van der Waals surface area contributed by atoms with E-state index in [-0.39, 0.29) is 25.1 Å². The molecule has 0 spiro atoms. The molecule has 5 heteroatoms. The minimum atomic E-state index is -0.387. The number of amides is 1. The Kier molecular flexibility index (Phi) is 4.92. The number of para-hydroxylation sites is 1. The second-order valence-electron chi connectivity index (χ2n) is 6.77. The maximum atomic E-state index is 12.4. The van der Waals surface area contributed by atoms with Crippen molar-refractivity contribution in [2.75, 3.05) is 19.7 Å². The molecule has 0 atom stereocenters. The fraction of sp³-hybridized carbons (Fsp3) is 0.273. The number of benzene rings is 2. The van der Waals surface area contributed by atoms with Crippen LogP contribution in [0.4, 0.5) is 0 Å². The largest absolute Gasteiger partial charge is 0.488 e. The number of nitrogens with zero attached hydrogens (tertiary/aromatic N) is 1. The molecule has 0 aromatic heterocycles. The molecule has 2 aliphatic rings. The lowest BCUT2D eigenvalue weighted by atomic mass is 10.1. The maximum absolute atomic E-state index is 12.4. The Morgan fingerprint density at radius 3 is 2.52 bits per heavy atom. The summed E-state index contributed by atoms with van der Waals surface area (Å²) < 4.78 is 11.0. The van der Waals surface area contributed by atoms with E-state index in [9.17, 15) is 9.59 Å². The van der Waals surface area contributed by atoms with Crippen molar-refractivity contribution >= 4 is 18.0 Å². The van der Waals surface area contributed by atoms with Gasteiger partial charge in [0, 0.05) is 24.2 Å². The molecular formula is C22H21NO4. The second-order valence-corrected chi connectivity index (χ2v) is 6.77. The molecule has 0 saturated carbocycles. The first-order valence-electron chi connectivity index (χ1n) is 9.18. The van der Waals surface area contributed by atoms with E-state index in [0.717, 1.165) is 42.8 Å². The van der Waals surface area contributed by atoms with E-state index in [1.165, 1.54) is 0 Å². The van der Waals surface area contributed by atoms with Gasteiger partial charge in [0.1, 0.15) is 19.0 Å². The lowest BCUT2D eigenvalue weighted by Crippen LogP contribution is -2.27. The first-order valence-corrected chi connectivity index (χ1v) is 9.18. The normalized spacial score (nSPS) is 15.6. The van der Waals surface area contributed by atoms with Crippen molar-refractivity contribution in [1.29, 1.82) is 0 Å². The van der Waals surface area contributed by atoms with Crippen LogP contribution in [0.5, 0.6) is 5.75 Å². The molecule has 1 fully saturated rings. The fourth-order valence-electron chi connectivity index (χ4n) is 3.32. The van der Waals surface area contributed by atoms with Gasteiger partial charge < -0.3 is 14.4 Å². The van der Waals surface area contributed by atoms with Crippen molar-refractivity contribution in [3.05, 3.63) is 70.8 Å². The standard InChI is InChI=1S/C22H21NO4/c24-21(23-11-3-4-12-23)17-9-7-16(8-10-17)14-27-22(25)19-13-18-5-1-2-6-20(18)26-15-19/h1-2,5-10,13H,3-4,11-12,14-15H2. The number of carbonyl (C=O) groups excluding carboxylic acids is 2. The van der Waals surface area contributed by atoms with Gasteiger partial charge in [-0.2, -0.15) is 0 Å². The summed E-state index contributed by atoms with van der Waals surface area (Å²) in [6, 6.07) is 14.8. The smallest absolute Gasteiger partial charge is 0.337 e. The number of carbonyl (C=O) groups is 2. The van der Waals surface area contributed by atoms with E-state index < -0.39 is 0 Å². The molecule has 1 amide bonds. The fourth-order valence-corrected chi connectivity index (χ4v) is 3.32. The van der Waals surface area contributed by atoms with Gasteiger partial charge in [0.15, 0.2) is 0 Å². The van der Waals surface area contributed by atoms with Crippen molar-refractivity contribution in [3.8, 4) is 5.75 Å². The summed E-state index contributed by atoms with van der Waals surface area (Å²) in [4.78, 5) is 26.5. The minimum absolute atomic E-state index is 0.0687. The topological polar surface area (TPSA) is 55.8 Å². The minimum Gasteiger partial charge on any atom is -0.488 e. The van der Waals surface area contributed by atoms with Crippen molar-refractivity contribution in [2.24, 2.45) is 0 Å². The van der Waals surface area contributed by atoms with Gasteiger partial charge in [-0.1, -0.05) is 30.3 Å². The van der Waals surface area contributed by atoms with E-state index in [4.69, 9.17) is 9.47 Å². The van der Waals surface area contributed by atoms with Crippen LogP contribution in [0.3, 0.4) is 0 Å². The van der Waals surface area contributed by atoms with Crippen LogP contribution in [-0.4, -0.2) is 36.5 Å². The summed E-state index contributed by atoms with van der Waals surface area (Å²) in [6.07, 6.45) is 3.95. The lowest BCUT2D eigenvalue weighted by Gasteiger charge is -2.17. The van der Waals surface area contributed by atoms with Crippen LogP contribution in [-0.2, 0) is 16.1 Å². The average Bonchev–Trinajstić information content (AvgIpc) is 3.26. The Labute approximate surface area is 158 Å². The van der Waals surface area contributed by atoms with Crippen LogP contribution in [0, 0.1) is 0 Å². The number of esters is 1. The number of rotatable bonds is 4. The summed E-state index contributed by atoms with van der Waals surface area (Å²) in [5.74, 6) is 0.452. The Hall–Kier alpha value is -3.08. The van der Waals surface area contributed by atoms with Crippen molar-refractivity contribution in [3.63, 3.8) is 0 Å². The highest BCUT2D eigenvalue weighted by Gasteiger charge is 2.20. The second kappa shape index (κ2) is 7.66. The summed E-state index contributed by atoms with van der Waals surface area (Å²) in [7, 11) is 0. The molecule has 0 unspecified atom stereocenters. The van der Waals surface area contributed by atoms with Crippen LogP contribution >= 0.6 is 0 Å². The molecule has 0 aliphatic carbocycles. The molecule has 138 valence electrons. The SMILES string of the molecule is O=C(OCc1ccc(C(=O)N2CCCC2)cc1)C1=Cc2ccccc2OC1. The highest BCUT2D eigenvalue weighted by Crippen LogP contribution is 2.26. The van der Waals surface area contributed by atoms with Crippen molar-refractivity contribution in [2.45, 2.75) is 19.4 Å². The monoisotopic (exact) mass is 363 g/mol. The van der Waals surface area contributed by atoms with Crippen molar-refractivity contribution in [1.82, 2.24) is 4.90 Å². The van der Waals surface area contributed by atoms with E-state index in [1.807, 2.05) is 41.3 Å². The third-order valence-corrected chi connectivity index (χ3v) is 4.86. The van der Waals surface area contributed by atoms with Gasteiger partial charge in [-0.3, -0.25) is 4.79 Å². The predicted octanol–water partition coefficient (Wildman–Crippen LogP) is 3.44. The molecule has 27 heavy (non-hydrogen) atoms. The summed E-state index contributed by atoms with van der Waals surface area (Å²) >= 11 is 0. The molecule has 4 rings (SSSR count).